The van der Waals surface area contributed by atoms with Crippen LogP contribution in [0.25, 0.3) is 22.5 Å². The van der Waals surface area contributed by atoms with Gasteiger partial charge in [0.1, 0.15) is 0 Å². The van der Waals surface area contributed by atoms with Gasteiger partial charge in [0.05, 0.1) is 12.2 Å². The van der Waals surface area contributed by atoms with Crippen LogP contribution in [0.5, 0.6) is 0 Å². The first kappa shape index (κ1) is 17.4. The lowest BCUT2D eigenvalue weighted by molar-refractivity contribution is -0.117. The van der Waals surface area contributed by atoms with Crippen LogP contribution in [0.1, 0.15) is 20.3 Å². The van der Waals surface area contributed by atoms with Crippen molar-refractivity contribution < 1.29 is 9.21 Å². The van der Waals surface area contributed by atoms with Crippen molar-refractivity contribution in [1.29, 1.82) is 0 Å². The fourth-order valence-corrected chi connectivity index (χ4v) is 3.35. The van der Waals surface area contributed by atoms with Crippen LogP contribution < -0.4 is 11.1 Å². The Morgan fingerprint density at radius 1 is 1.32 bits per heavy atom. The van der Waals surface area contributed by atoms with E-state index in [0.29, 0.717) is 23.8 Å². The van der Waals surface area contributed by atoms with Crippen molar-refractivity contribution in [2.24, 2.45) is 11.7 Å². The zero-order chi connectivity index (χ0) is 17.8. The minimum Gasteiger partial charge on any atom is -0.443 e. The SMILES string of the molecule is CC(C)CC(N)C(=O)Nc1ccc(-c2cnco2)c(-c2ccsc2)c1. The average molecular weight is 355 g/mol. The second-order valence-corrected chi connectivity index (χ2v) is 7.14. The number of nitrogens with one attached hydrogen (secondary N) is 1. The number of nitrogens with zero attached hydrogens (tertiary/aromatic N) is 1. The van der Waals surface area contributed by atoms with Gasteiger partial charge in [-0.15, -0.1) is 0 Å². The van der Waals surface area contributed by atoms with Crippen LogP contribution >= 0.6 is 11.3 Å². The van der Waals surface area contributed by atoms with Crippen molar-refractivity contribution >= 4 is 22.9 Å². The molecule has 0 fully saturated rings. The molecule has 1 unspecified atom stereocenters. The van der Waals surface area contributed by atoms with E-state index in [1.54, 1.807) is 17.5 Å². The summed E-state index contributed by atoms with van der Waals surface area (Å²) < 4.78 is 5.45. The smallest absolute Gasteiger partial charge is 0.241 e. The monoisotopic (exact) mass is 355 g/mol. The van der Waals surface area contributed by atoms with Gasteiger partial charge >= 0.3 is 0 Å². The van der Waals surface area contributed by atoms with Crippen molar-refractivity contribution in [1.82, 2.24) is 4.98 Å². The highest BCUT2D eigenvalue weighted by Gasteiger charge is 2.17. The maximum atomic E-state index is 12.3. The molecule has 0 aliphatic carbocycles. The minimum absolute atomic E-state index is 0.169. The van der Waals surface area contributed by atoms with Crippen molar-refractivity contribution in [2.45, 2.75) is 26.3 Å². The first-order chi connectivity index (χ1) is 12.0. The molecule has 3 N–H and O–H groups in total. The summed E-state index contributed by atoms with van der Waals surface area (Å²) in [6.45, 7) is 4.10. The van der Waals surface area contributed by atoms with Crippen LogP contribution in [0.2, 0.25) is 0 Å². The van der Waals surface area contributed by atoms with Crippen LogP contribution in [0.3, 0.4) is 0 Å². The van der Waals surface area contributed by atoms with E-state index in [2.05, 4.69) is 15.7 Å². The van der Waals surface area contributed by atoms with Gasteiger partial charge < -0.3 is 15.5 Å². The van der Waals surface area contributed by atoms with Gasteiger partial charge in [0.2, 0.25) is 5.91 Å². The van der Waals surface area contributed by atoms with Crippen molar-refractivity contribution in [3.63, 3.8) is 0 Å². The lowest BCUT2D eigenvalue weighted by Gasteiger charge is -2.15. The molecule has 1 amide bonds. The predicted molar refractivity (Wildman–Crippen MR) is 101 cm³/mol. The molecule has 3 aromatic rings. The fourth-order valence-electron chi connectivity index (χ4n) is 2.69. The summed E-state index contributed by atoms with van der Waals surface area (Å²) in [6, 6.07) is 7.25. The number of oxazole rings is 1. The molecule has 0 bridgehead atoms. The Bertz CT molecular complexity index is 826. The van der Waals surface area contributed by atoms with Crippen molar-refractivity contribution in [3.8, 4) is 22.5 Å². The Morgan fingerprint density at radius 3 is 2.80 bits per heavy atom. The van der Waals surface area contributed by atoms with Crippen LogP contribution in [0.4, 0.5) is 5.69 Å². The van der Waals surface area contributed by atoms with E-state index in [4.69, 9.17) is 10.2 Å². The van der Waals surface area contributed by atoms with Crippen LogP contribution in [0, 0.1) is 5.92 Å². The molecule has 1 aromatic carbocycles. The van der Waals surface area contributed by atoms with E-state index in [1.807, 2.05) is 43.5 Å². The Labute approximate surface area is 150 Å². The quantitative estimate of drug-likeness (QED) is 0.687. The van der Waals surface area contributed by atoms with Gasteiger partial charge in [-0.3, -0.25) is 4.79 Å². The number of thiophene rings is 1. The number of carbonyl (C=O) groups is 1. The maximum absolute atomic E-state index is 12.3. The van der Waals surface area contributed by atoms with Gasteiger partial charge in [-0.25, -0.2) is 4.98 Å². The number of hydrogen-bond donors (Lipinski definition) is 2. The summed E-state index contributed by atoms with van der Waals surface area (Å²) in [5, 5.41) is 6.99. The molecular formula is C19H21N3O2S. The molecule has 2 aromatic heterocycles. The third-order valence-electron chi connectivity index (χ3n) is 3.88. The number of carbonyl (C=O) groups excluding carboxylic acids is 1. The maximum Gasteiger partial charge on any atom is 0.241 e. The zero-order valence-electron chi connectivity index (χ0n) is 14.2. The fraction of sp³-hybridized carbons (Fsp3) is 0.263. The molecule has 1 atom stereocenters. The molecule has 2 heterocycles. The highest BCUT2D eigenvalue weighted by molar-refractivity contribution is 7.08. The summed E-state index contributed by atoms with van der Waals surface area (Å²) in [4.78, 5) is 16.3. The van der Waals surface area contributed by atoms with E-state index in [1.165, 1.54) is 6.39 Å². The molecule has 0 saturated carbocycles. The van der Waals surface area contributed by atoms with Gasteiger partial charge in [-0.05, 0) is 58.5 Å². The zero-order valence-corrected chi connectivity index (χ0v) is 15.0. The Kier molecular flexibility index (Phi) is 5.31. The molecule has 0 radical (unpaired) electrons. The molecule has 25 heavy (non-hydrogen) atoms. The van der Waals surface area contributed by atoms with Crippen LogP contribution in [-0.4, -0.2) is 16.9 Å². The lowest BCUT2D eigenvalue weighted by Crippen LogP contribution is -2.36. The minimum atomic E-state index is -0.515. The lowest BCUT2D eigenvalue weighted by atomic mass is 9.99. The third kappa shape index (κ3) is 4.15. The number of amides is 1. The summed E-state index contributed by atoms with van der Waals surface area (Å²) >= 11 is 1.62. The van der Waals surface area contributed by atoms with Crippen LogP contribution in [-0.2, 0) is 4.79 Å². The molecule has 6 heteroatoms. The highest BCUT2D eigenvalue weighted by Crippen LogP contribution is 2.35. The molecule has 130 valence electrons. The second-order valence-electron chi connectivity index (χ2n) is 6.36. The molecule has 0 aliphatic heterocycles. The van der Waals surface area contributed by atoms with Gasteiger partial charge in [-0.1, -0.05) is 13.8 Å². The number of nitrogens with two attached hydrogens (primary N) is 1. The first-order valence-electron chi connectivity index (χ1n) is 8.16. The van der Waals surface area contributed by atoms with E-state index in [-0.39, 0.29) is 5.91 Å². The van der Waals surface area contributed by atoms with Crippen molar-refractivity contribution in [3.05, 3.63) is 47.6 Å². The van der Waals surface area contributed by atoms with E-state index in [0.717, 1.165) is 16.7 Å². The normalized spacial score (nSPS) is 12.3. The van der Waals surface area contributed by atoms with Gasteiger partial charge in [-0.2, -0.15) is 11.3 Å². The molecule has 0 spiro atoms. The largest absolute Gasteiger partial charge is 0.443 e. The summed E-state index contributed by atoms with van der Waals surface area (Å²) in [7, 11) is 0. The number of anilines is 1. The Hall–Kier alpha value is -2.44. The van der Waals surface area contributed by atoms with Crippen LogP contribution in [0.15, 0.2) is 52.0 Å². The number of hydrogen-bond acceptors (Lipinski definition) is 5. The second kappa shape index (κ2) is 7.63. The Balaban J connectivity index is 1.90. The summed E-state index contributed by atoms with van der Waals surface area (Å²) in [5.74, 6) is 0.893. The van der Waals surface area contributed by atoms with Crippen molar-refractivity contribution in [2.75, 3.05) is 5.32 Å². The van der Waals surface area contributed by atoms with E-state index >= 15 is 0 Å². The van der Waals surface area contributed by atoms with E-state index in [9.17, 15) is 4.79 Å². The third-order valence-corrected chi connectivity index (χ3v) is 4.56. The molecule has 0 aliphatic rings. The van der Waals surface area contributed by atoms with E-state index < -0.39 is 6.04 Å². The molecule has 3 rings (SSSR count). The number of rotatable bonds is 6. The topological polar surface area (TPSA) is 81.2 Å². The first-order valence-corrected chi connectivity index (χ1v) is 9.11. The molecular weight excluding hydrogens is 334 g/mol. The molecule has 0 saturated heterocycles. The van der Waals surface area contributed by atoms with Gasteiger partial charge in [0.15, 0.2) is 12.2 Å². The number of aromatic nitrogens is 1. The summed E-state index contributed by atoms with van der Waals surface area (Å²) in [6.07, 6.45) is 3.74. The average Bonchev–Trinajstić information content (AvgIpc) is 3.28. The number of benzene rings is 1. The predicted octanol–water partition coefficient (Wildman–Crippen LogP) is 4.38. The Morgan fingerprint density at radius 2 is 2.16 bits per heavy atom. The molecule has 5 nitrogen and oxygen atoms in total. The standard InChI is InChI=1S/C19H21N3O2S/c1-12(2)7-17(20)19(23)22-14-3-4-15(18-9-21-11-24-18)16(8-14)13-5-6-25-10-13/h3-6,8-12,17H,7,20H2,1-2H3,(H,22,23). The highest BCUT2D eigenvalue weighted by atomic mass is 32.1. The summed E-state index contributed by atoms with van der Waals surface area (Å²) in [5.41, 5.74) is 9.67. The van der Waals surface area contributed by atoms with Gasteiger partial charge in [0.25, 0.3) is 0 Å². The van der Waals surface area contributed by atoms with Gasteiger partial charge in [0, 0.05) is 11.3 Å².